The number of rotatable bonds is 7. The van der Waals surface area contributed by atoms with Crippen LogP contribution in [0.25, 0.3) is 0 Å². The Hall–Kier alpha value is -1.89. The predicted molar refractivity (Wildman–Crippen MR) is 83.2 cm³/mol. The van der Waals surface area contributed by atoms with Crippen LogP contribution in [0.5, 0.6) is 0 Å². The highest BCUT2D eigenvalue weighted by Gasteiger charge is 2.24. The fourth-order valence-electron chi connectivity index (χ4n) is 1.98. The molecule has 0 aliphatic carbocycles. The van der Waals surface area contributed by atoms with Gasteiger partial charge in [-0.1, -0.05) is 24.3 Å². The van der Waals surface area contributed by atoms with E-state index in [2.05, 4.69) is 5.32 Å². The molecule has 1 aromatic carbocycles. The molecule has 1 rings (SSSR count). The molecule has 0 aliphatic rings. The quantitative estimate of drug-likeness (QED) is 0.789. The Morgan fingerprint density at radius 2 is 1.82 bits per heavy atom. The zero-order valence-corrected chi connectivity index (χ0v) is 13.7. The third kappa shape index (κ3) is 5.14. The number of aryl methyl sites for hydroxylation is 1. The van der Waals surface area contributed by atoms with Crippen LogP contribution in [0.1, 0.15) is 37.4 Å². The first-order valence-corrected chi connectivity index (χ1v) is 8.63. The van der Waals surface area contributed by atoms with Gasteiger partial charge in [0.15, 0.2) is 9.84 Å². The molecule has 0 saturated heterocycles. The third-order valence-electron chi connectivity index (χ3n) is 3.33. The third-order valence-corrected chi connectivity index (χ3v) is 5.43. The average Bonchev–Trinajstić information content (AvgIpc) is 2.37. The van der Waals surface area contributed by atoms with Crippen LogP contribution in [0.3, 0.4) is 0 Å². The van der Waals surface area contributed by atoms with E-state index in [9.17, 15) is 18.0 Å². The Balaban J connectivity index is 2.94. The van der Waals surface area contributed by atoms with Crippen molar-refractivity contribution in [2.75, 3.05) is 5.75 Å². The van der Waals surface area contributed by atoms with Gasteiger partial charge in [-0.3, -0.25) is 9.59 Å². The SMILES string of the molecule is Cc1ccccc1C(CC(=O)O)NC(=O)CS(=O)(=O)C(C)C. The van der Waals surface area contributed by atoms with Gasteiger partial charge in [0.25, 0.3) is 0 Å². The molecule has 22 heavy (non-hydrogen) atoms. The minimum atomic E-state index is -3.52. The van der Waals surface area contributed by atoms with Crippen molar-refractivity contribution >= 4 is 21.7 Å². The van der Waals surface area contributed by atoms with E-state index in [4.69, 9.17) is 5.11 Å². The van der Waals surface area contributed by atoms with Gasteiger partial charge < -0.3 is 10.4 Å². The monoisotopic (exact) mass is 327 g/mol. The van der Waals surface area contributed by atoms with Crippen LogP contribution in [0.2, 0.25) is 0 Å². The number of hydrogen-bond donors (Lipinski definition) is 2. The number of carbonyl (C=O) groups excluding carboxylic acids is 1. The van der Waals surface area contributed by atoms with E-state index < -0.39 is 38.8 Å². The van der Waals surface area contributed by atoms with Crippen molar-refractivity contribution < 1.29 is 23.1 Å². The summed E-state index contributed by atoms with van der Waals surface area (Å²) in [6.45, 7) is 4.80. The van der Waals surface area contributed by atoms with E-state index in [-0.39, 0.29) is 6.42 Å². The molecule has 0 spiro atoms. The van der Waals surface area contributed by atoms with E-state index in [1.165, 1.54) is 13.8 Å². The second-order valence-electron chi connectivity index (χ2n) is 5.43. The molecule has 0 saturated carbocycles. The van der Waals surface area contributed by atoms with Crippen molar-refractivity contribution in [1.29, 1.82) is 0 Å². The number of carboxylic acids is 1. The van der Waals surface area contributed by atoms with Crippen LogP contribution in [0.4, 0.5) is 0 Å². The molecule has 0 fully saturated rings. The lowest BCUT2D eigenvalue weighted by Gasteiger charge is -2.19. The molecule has 0 heterocycles. The van der Waals surface area contributed by atoms with Crippen molar-refractivity contribution in [3.8, 4) is 0 Å². The van der Waals surface area contributed by atoms with Crippen LogP contribution in [0, 0.1) is 6.92 Å². The second kappa shape index (κ2) is 7.40. The maximum absolute atomic E-state index is 12.0. The van der Waals surface area contributed by atoms with Gasteiger partial charge in [-0.25, -0.2) is 8.42 Å². The summed E-state index contributed by atoms with van der Waals surface area (Å²) in [7, 11) is -3.52. The highest BCUT2D eigenvalue weighted by molar-refractivity contribution is 7.92. The fraction of sp³-hybridized carbons (Fsp3) is 0.467. The molecule has 1 atom stereocenters. The molecule has 0 radical (unpaired) electrons. The van der Waals surface area contributed by atoms with Crippen molar-refractivity contribution in [3.63, 3.8) is 0 Å². The smallest absolute Gasteiger partial charge is 0.305 e. The molecule has 7 heteroatoms. The zero-order valence-electron chi connectivity index (χ0n) is 12.9. The second-order valence-corrected chi connectivity index (χ2v) is 7.99. The summed E-state index contributed by atoms with van der Waals surface area (Å²) in [5.74, 6) is -2.41. The van der Waals surface area contributed by atoms with Crippen LogP contribution in [-0.4, -0.2) is 36.4 Å². The molecule has 0 bridgehead atoms. The summed E-state index contributed by atoms with van der Waals surface area (Å²) in [4.78, 5) is 23.0. The van der Waals surface area contributed by atoms with E-state index in [1.807, 2.05) is 6.07 Å². The normalized spacial score (nSPS) is 12.9. The van der Waals surface area contributed by atoms with Crippen molar-refractivity contribution in [1.82, 2.24) is 5.32 Å². The Kier molecular flexibility index (Phi) is 6.11. The molecule has 1 amide bonds. The molecule has 122 valence electrons. The summed E-state index contributed by atoms with van der Waals surface area (Å²) in [6, 6.07) is 6.32. The summed E-state index contributed by atoms with van der Waals surface area (Å²) >= 11 is 0. The largest absolute Gasteiger partial charge is 0.481 e. The van der Waals surface area contributed by atoms with Crippen LogP contribution >= 0.6 is 0 Å². The van der Waals surface area contributed by atoms with Gasteiger partial charge in [0, 0.05) is 0 Å². The number of nitrogens with one attached hydrogen (secondary N) is 1. The zero-order chi connectivity index (χ0) is 16.9. The lowest BCUT2D eigenvalue weighted by atomic mass is 9.99. The highest BCUT2D eigenvalue weighted by atomic mass is 32.2. The van der Waals surface area contributed by atoms with Crippen LogP contribution < -0.4 is 5.32 Å². The number of aliphatic carboxylic acids is 1. The van der Waals surface area contributed by atoms with Crippen molar-refractivity contribution in [3.05, 3.63) is 35.4 Å². The first kappa shape index (κ1) is 18.2. The molecule has 1 unspecified atom stereocenters. The van der Waals surface area contributed by atoms with Gasteiger partial charge in [0.05, 0.1) is 17.7 Å². The van der Waals surface area contributed by atoms with Crippen LogP contribution in [-0.2, 0) is 19.4 Å². The minimum Gasteiger partial charge on any atom is -0.481 e. The maximum Gasteiger partial charge on any atom is 0.305 e. The summed E-state index contributed by atoms with van der Waals surface area (Å²) in [5, 5.41) is 10.9. The molecular formula is C15H21NO5S. The Bertz CT molecular complexity index is 652. The van der Waals surface area contributed by atoms with E-state index >= 15 is 0 Å². The summed E-state index contributed by atoms with van der Waals surface area (Å²) < 4.78 is 23.5. The number of carboxylic acid groups (broad SMARTS) is 1. The molecule has 0 aliphatic heterocycles. The lowest BCUT2D eigenvalue weighted by Crippen LogP contribution is -2.36. The van der Waals surface area contributed by atoms with Crippen LogP contribution in [0.15, 0.2) is 24.3 Å². The molecule has 6 nitrogen and oxygen atoms in total. The van der Waals surface area contributed by atoms with Crippen molar-refractivity contribution in [2.24, 2.45) is 0 Å². The first-order valence-electron chi connectivity index (χ1n) is 6.91. The molecular weight excluding hydrogens is 306 g/mol. The molecule has 0 aromatic heterocycles. The minimum absolute atomic E-state index is 0.307. The number of benzene rings is 1. The number of amides is 1. The first-order chi connectivity index (χ1) is 10.1. The summed E-state index contributed by atoms with van der Waals surface area (Å²) in [5.41, 5.74) is 1.50. The van der Waals surface area contributed by atoms with Gasteiger partial charge in [-0.15, -0.1) is 0 Å². The maximum atomic E-state index is 12.0. The van der Waals surface area contributed by atoms with Gasteiger partial charge in [-0.05, 0) is 31.9 Å². The van der Waals surface area contributed by atoms with E-state index in [0.717, 1.165) is 5.56 Å². The van der Waals surface area contributed by atoms with E-state index in [0.29, 0.717) is 5.56 Å². The molecule has 2 N–H and O–H groups in total. The van der Waals surface area contributed by atoms with Gasteiger partial charge in [0.1, 0.15) is 5.75 Å². The van der Waals surface area contributed by atoms with Gasteiger partial charge in [-0.2, -0.15) is 0 Å². The Labute approximate surface area is 130 Å². The lowest BCUT2D eigenvalue weighted by molar-refractivity contribution is -0.137. The Morgan fingerprint density at radius 3 is 2.32 bits per heavy atom. The topological polar surface area (TPSA) is 101 Å². The number of sulfone groups is 1. The van der Waals surface area contributed by atoms with Gasteiger partial charge in [0.2, 0.25) is 5.91 Å². The van der Waals surface area contributed by atoms with E-state index in [1.54, 1.807) is 25.1 Å². The standard InChI is InChI=1S/C15H21NO5S/c1-10(2)22(20,21)9-14(17)16-13(8-15(18)19)12-7-5-4-6-11(12)3/h4-7,10,13H,8-9H2,1-3H3,(H,16,17)(H,18,19). The number of carbonyl (C=O) groups is 2. The Morgan fingerprint density at radius 1 is 1.23 bits per heavy atom. The fourth-order valence-corrected chi connectivity index (χ4v) is 2.76. The highest BCUT2D eigenvalue weighted by Crippen LogP contribution is 2.20. The predicted octanol–water partition coefficient (Wildman–Crippen LogP) is 1.45. The number of hydrogen-bond acceptors (Lipinski definition) is 4. The van der Waals surface area contributed by atoms with Crippen molar-refractivity contribution in [2.45, 2.75) is 38.5 Å². The molecule has 1 aromatic rings. The van der Waals surface area contributed by atoms with Gasteiger partial charge >= 0.3 is 5.97 Å². The summed E-state index contributed by atoms with van der Waals surface area (Å²) in [6.07, 6.45) is -0.307. The average molecular weight is 327 g/mol.